The van der Waals surface area contributed by atoms with Gasteiger partial charge in [-0.2, -0.15) is 0 Å². The molecule has 3 amide bonds. The highest BCUT2D eigenvalue weighted by atomic mass is 16.4. The minimum Gasteiger partial charge on any atom is -0.435 e. The normalized spacial score (nSPS) is 20.9. The van der Waals surface area contributed by atoms with Crippen LogP contribution in [0.3, 0.4) is 0 Å². The Morgan fingerprint density at radius 3 is 2.48 bits per heavy atom. The highest BCUT2D eigenvalue weighted by molar-refractivity contribution is 5.92. The van der Waals surface area contributed by atoms with Crippen molar-refractivity contribution in [1.82, 2.24) is 20.5 Å². The molecule has 0 spiro atoms. The summed E-state index contributed by atoms with van der Waals surface area (Å²) in [5.41, 5.74) is 0.582. The number of hydrogen-bond donors (Lipinski definition) is 2. The van der Waals surface area contributed by atoms with Crippen molar-refractivity contribution in [3.63, 3.8) is 0 Å². The van der Waals surface area contributed by atoms with Gasteiger partial charge in [0.25, 0.3) is 5.91 Å². The SMILES string of the molecule is CC(=O)N[C@H](C(=O)N1CCCC(c2nc(C)c(C(=O)NC3CCC3)o2)C1)C(C)C. The maximum atomic E-state index is 13.0. The van der Waals surface area contributed by atoms with Crippen molar-refractivity contribution in [2.24, 2.45) is 5.92 Å². The first-order chi connectivity index (χ1) is 13.8. The van der Waals surface area contributed by atoms with Crippen LogP contribution in [0.5, 0.6) is 0 Å². The lowest BCUT2D eigenvalue weighted by molar-refractivity contribution is -0.138. The maximum absolute atomic E-state index is 13.0. The molecule has 0 radical (unpaired) electrons. The fraction of sp³-hybridized carbons (Fsp3) is 0.714. The summed E-state index contributed by atoms with van der Waals surface area (Å²) in [7, 11) is 0. The lowest BCUT2D eigenvalue weighted by Gasteiger charge is -2.35. The van der Waals surface area contributed by atoms with E-state index in [1.807, 2.05) is 13.8 Å². The molecule has 2 fully saturated rings. The molecule has 8 nitrogen and oxygen atoms in total. The highest BCUT2D eigenvalue weighted by Crippen LogP contribution is 2.29. The van der Waals surface area contributed by atoms with E-state index in [2.05, 4.69) is 15.6 Å². The number of hydrogen-bond acceptors (Lipinski definition) is 5. The lowest BCUT2D eigenvalue weighted by Crippen LogP contribution is -2.52. The predicted octanol–water partition coefficient (Wildman–Crippen LogP) is 2.13. The van der Waals surface area contributed by atoms with E-state index in [9.17, 15) is 14.4 Å². The van der Waals surface area contributed by atoms with Crippen molar-refractivity contribution in [3.8, 4) is 0 Å². The number of rotatable bonds is 6. The Labute approximate surface area is 171 Å². The van der Waals surface area contributed by atoms with Crippen LogP contribution in [0, 0.1) is 12.8 Å². The molecule has 1 saturated heterocycles. The zero-order chi connectivity index (χ0) is 21.1. The van der Waals surface area contributed by atoms with Crippen molar-refractivity contribution in [2.45, 2.75) is 77.8 Å². The van der Waals surface area contributed by atoms with Gasteiger partial charge >= 0.3 is 0 Å². The van der Waals surface area contributed by atoms with Gasteiger partial charge in [0.15, 0.2) is 5.89 Å². The molecule has 1 aliphatic carbocycles. The molecule has 8 heteroatoms. The Balaban J connectivity index is 1.68. The van der Waals surface area contributed by atoms with Gasteiger partial charge in [-0.05, 0) is 44.9 Å². The van der Waals surface area contributed by atoms with Crippen LogP contribution < -0.4 is 10.6 Å². The third kappa shape index (κ3) is 4.97. The minimum atomic E-state index is -0.540. The summed E-state index contributed by atoms with van der Waals surface area (Å²) >= 11 is 0. The Hall–Kier alpha value is -2.38. The van der Waals surface area contributed by atoms with E-state index in [4.69, 9.17) is 4.42 Å². The molecule has 2 heterocycles. The van der Waals surface area contributed by atoms with E-state index in [1.165, 1.54) is 6.92 Å². The molecular weight excluding hydrogens is 372 g/mol. The molecule has 1 aliphatic heterocycles. The monoisotopic (exact) mass is 404 g/mol. The van der Waals surface area contributed by atoms with E-state index in [-0.39, 0.29) is 41.4 Å². The van der Waals surface area contributed by atoms with Crippen LogP contribution in [-0.4, -0.2) is 52.8 Å². The van der Waals surface area contributed by atoms with Crippen molar-refractivity contribution in [2.75, 3.05) is 13.1 Å². The number of carbonyl (C=O) groups is 3. The number of piperidine rings is 1. The predicted molar refractivity (Wildman–Crippen MR) is 107 cm³/mol. The molecule has 0 bridgehead atoms. The van der Waals surface area contributed by atoms with Crippen molar-refractivity contribution < 1.29 is 18.8 Å². The molecule has 3 rings (SSSR count). The van der Waals surface area contributed by atoms with Gasteiger partial charge in [0.05, 0.1) is 11.6 Å². The molecule has 29 heavy (non-hydrogen) atoms. The second-order valence-corrected chi connectivity index (χ2v) is 8.61. The van der Waals surface area contributed by atoms with Crippen LogP contribution in [0.25, 0.3) is 0 Å². The highest BCUT2D eigenvalue weighted by Gasteiger charge is 2.34. The average Bonchev–Trinajstić information content (AvgIpc) is 3.03. The molecule has 1 unspecified atom stereocenters. The Morgan fingerprint density at radius 2 is 1.90 bits per heavy atom. The summed E-state index contributed by atoms with van der Waals surface area (Å²) in [5.74, 6) is 0.231. The summed E-state index contributed by atoms with van der Waals surface area (Å²) < 4.78 is 5.85. The van der Waals surface area contributed by atoms with Gasteiger partial charge in [0.1, 0.15) is 6.04 Å². The smallest absolute Gasteiger partial charge is 0.289 e. The van der Waals surface area contributed by atoms with Crippen molar-refractivity contribution in [1.29, 1.82) is 0 Å². The number of carbonyl (C=O) groups excluding carboxylic acids is 3. The number of oxazole rings is 1. The zero-order valence-electron chi connectivity index (χ0n) is 17.8. The number of nitrogens with zero attached hydrogens (tertiary/aromatic N) is 2. The van der Waals surface area contributed by atoms with Gasteiger partial charge in [0.2, 0.25) is 17.6 Å². The Morgan fingerprint density at radius 1 is 1.17 bits per heavy atom. The molecule has 0 aromatic carbocycles. The largest absolute Gasteiger partial charge is 0.435 e. The summed E-state index contributed by atoms with van der Waals surface area (Å²) in [4.78, 5) is 43.2. The lowest BCUT2D eigenvalue weighted by atomic mass is 9.93. The third-order valence-corrected chi connectivity index (χ3v) is 5.83. The van der Waals surface area contributed by atoms with Crippen molar-refractivity contribution >= 4 is 17.7 Å². The first kappa shape index (κ1) is 21.3. The van der Waals surface area contributed by atoms with E-state index in [0.717, 1.165) is 32.1 Å². The second-order valence-electron chi connectivity index (χ2n) is 8.61. The van der Waals surface area contributed by atoms with Gasteiger partial charge in [-0.15, -0.1) is 0 Å². The first-order valence-corrected chi connectivity index (χ1v) is 10.6. The summed E-state index contributed by atoms with van der Waals surface area (Å²) in [6, 6.07) is -0.304. The van der Waals surface area contributed by atoms with Crippen LogP contribution in [-0.2, 0) is 9.59 Å². The number of aryl methyl sites for hydroxylation is 1. The van der Waals surface area contributed by atoms with Gasteiger partial charge in [-0.3, -0.25) is 14.4 Å². The van der Waals surface area contributed by atoms with E-state index in [0.29, 0.717) is 24.7 Å². The van der Waals surface area contributed by atoms with E-state index >= 15 is 0 Å². The van der Waals surface area contributed by atoms with Gasteiger partial charge < -0.3 is 20.0 Å². The molecule has 1 aromatic heterocycles. The van der Waals surface area contributed by atoms with Gasteiger partial charge in [-0.25, -0.2) is 4.98 Å². The number of nitrogens with one attached hydrogen (secondary N) is 2. The van der Waals surface area contributed by atoms with E-state index in [1.54, 1.807) is 11.8 Å². The minimum absolute atomic E-state index is 0.00226. The molecule has 2 N–H and O–H groups in total. The standard InChI is InChI=1S/C21H32N4O4/c1-12(2)17(23-14(4)26)21(28)25-10-6-7-15(11-25)20-22-13(3)18(29-20)19(27)24-16-8-5-9-16/h12,15-17H,5-11H2,1-4H3,(H,23,26)(H,24,27)/t15?,17-/m0/s1. The fourth-order valence-electron chi connectivity index (χ4n) is 3.91. The molecule has 1 aromatic rings. The second kappa shape index (κ2) is 8.97. The van der Waals surface area contributed by atoms with E-state index < -0.39 is 6.04 Å². The van der Waals surface area contributed by atoms with Gasteiger partial charge in [-0.1, -0.05) is 13.8 Å². The van der Waals surface area contributed by atoms with Crippen LogP contribution >= 0.6 is 0 Å². The quantitative estimate of drug-likeness (QED) is 0.756. The van der Waals surface area contributed by atoms with Crippen LogP contribution in [0.1, 0.15) is 80.9 Å². The molecule has 1 saturated carbocycles. The first-order valence-electron chi connectivity index (χ1n) is 10.6. The number of aromatic nitrogens is 1. The molecule has 160 valence electrons. The molecule has 2 atom stereocenters. The fourth-order valence-corrected chi connectivity index (χ4v) is 3.91. The number of amides is 3. The van der Waals surface area contributed by atoms with Gasteiger partial charge in [0, 0.05) is 26.1 Å². The topological polar surface area (TPSA) is 105 Å². The molecule has 2 aliphatic rings. The van der Waals surface area contributed by atoms with Crippen LogP contribution in [0.4, 0.5) is 0 Å². The average molecular weight is 405 g/mol. The summed E-state index contributed by atoms with van der Waals surface area (Å²) in [6.07, 6.45) is 4.84. The summed E-state index contributed by atoms with van der Waals surface area (Å²) in [5, 5.41) is 5.75. The number of likely N-dealkylation sites (tertiary alicyclic amines) is 1. The Bertz CT molecular complexity index is 769. The zero-order valence-corrected chi connectivity index (χ0v) is 17.8. The third-order valence-electron chi connectivity index (χ3n) is 5.83. The summed E-state index contributed by atoms with van der Waals surface area (Å²) in [6.45, 7) is 8.17. The Kier molecular flexibility index (Phi) is 6.59. The maximum Gasteiger partial charge on any atom is 0.289 e. The molecular formula is C21H32N4O4. The van der Waals surface area contributed by atoms with Crippen LogP contribution in [0.2, 0.25) is 0 Å². The van der Waals surface area contributed by atoms with Crippen LogP contribution in [0.15, 0.2) is 4.42 Å². The van der Waals surface area contributed by atoms with Crippen molar-refractivity contribution in [3.05, 3.63) is 17.3 Å².